The molecule has 0 aliphatic carbocycles. The fourth-order valence-corrected chi connectivity index (χ4v) is 2.13. The van der Waals surface area contributed by atoms with Crippen LogP contribution in [0.4, 0.5) is 0 Å². The van der Waals surface area contributed by atoms with Gasteiger partial charge in [0.1, 0.15) is 0 Å². The van der Waals surface area contributed by atoms with E-state index in [0.29, 0.717) is 11.8 Å². The summed E-state index contributed by atoms with van der Waals surface area (Å²) in [5.41, 5.74) is 3.22. The zero-order valence-electron chi connectivity index (χ0n) is 12.6. The summed E-state index contributed by atoms with van der Waals surface area (Å²) in [5, 5.41) is 9.05. The second-order valence-electron chi connectivity index (χ2n) is 5.78. The molecule has 0 fully saturated rings. The van der Waals surface area contributed by atoms with Gasteiger partial charge >= 0.3 is 0 Å². The highest BCUT2D eigenvalue weighted by atomic mass is 15.3. The summed E-state index contributed by atoms with van der Waals surface area (Å²) in [6.45, 7) is 10.8. The first-order chi connectivity index (χ1) is 8.99. The molecule has 2 aromatic heterocycles. The van der Waals surface area contributed by atoms with Gasteiger partial charge in [0.15, 0.2) is 5.65 Å². The van der Waals surface area contributed by atoms with Gasteiger partial charge in [-0.2, -0.15) is 5.10 Å². The van der Waals surface area contributed by atoms with E-state index in [-0.39, 0.29) is 0 Å². The van der Waals surface area contributed by atoms with E-state index in [0.717, 1.165) is 29.8 Å². The van der Waals surface area contributed by atoms with E-state index in [9.17, 15) is 0 Å². The molecule has 0 spiro atoms. The Labute approximate surface area is 115 Å². The number of aromatic nitrogens is 3. The lowest BCUT2D eigenvalue weighted by Gasteiger charge is -2.16. The lowest BCUT2D eigenvalue weighted by atomic mass is 9.98. The van der Waals surface area contributed by atoms with Crippen LogP contribution in [0.3, 0.4) is 0 Å². The molecule has 19 heavy (non-hydrogen) atoms. The molecule has 104 valence electrons. The van der Waals surface area contributed by atoms with E-state index in [1.54, 1.807) is 0 Å². The smallest absolute Gasteiger partial charge is 0.157 e. The molecule has 1 atom stereocenters. The number of hydrogen-bond acceptors (Lipinski definition) is 3. The lowest BCUT2D eigenvalue weighted by molar-refractivity contribution is 0.392. The van der Waals surface area contributed by atoms with Crippen molar-refractivity contribution < 1.29 is 0 Å². The number of fused-ring (bicyclic) bond motifs is 1. The molecular weight excluding hydrogens is 236 g/mol. The van der Waals surface area contributed by atoms with Gasteiger partial charge in [0.05, 0.1) is 5.69 Å². The summed E-state index contributed by atoms with van der Waals surface area (Å²) in [7, 11) is 1.94. The van der Waals surface area contributed by atoms with Gasteiger partial charge in [-0.3, -0.25) is 4.68 Å². The summed E-state index contributed by atoms with van der Waals surface area (Å²) in [5.74, 6) is 1.41. The van der Waals surface area contributed by atoms with Crippen LogP contribution < -0.4 is 5.32 Å². The van der Waals surface area contributed by atoms with Crippen LogP contribution in [0, 0.1) is 18.8 Å². The predicted octanol–water partition coefficient (Wildman–Crippen LogP) is 2.66. The molecule has 0 saturated heterocycles. The van der Waals surface area contributed by atoms with E-state index in [2.05, 4.69) is 42.2 Å². The van der Waals surface area contributed by atoms with Gasteiger partial charge in [0.2, 0.25) is 0 Å². The molecule has 0 amide bonds. The maximum Gasteiger partial charge on any atom is 0.157 e. The molecule has 0 aliphatic heterocycles. The highest BCUT2D eigenvalue weighted by molar-refractivity contribution is 5.78. The first kappa shape index (κ1) is 14.0. The van der Waals surface area contributed by atoms with E-state index in [1.807, 2.05) is 24.9 Å². The van der Waals surface area contributed by atoms with Crippen LogP contribution in [0.25, 0.3) is 11.0 Å². The Morgan fingerprint density at radius 2 is 2.05 bits per heavy atom. The zero-order chi connectivity index (χ0) is 14.0. The summed E-state index contributed by atoms with van der Waals surface area (Å²) in [4.78, 5) is 4.49. The maximum absolute atomic E-state index is 4.49. The molecule has 1 N–H and O–H groups in total. The molecule has 2 rings (SSSR count). The topological polar surface area (TPSA) is 42.7 Å². The van der Waals surface area contributed by atoms with Crippen molar-refractivity contribution in [2.24, 2.45) is 18.9 Å². The van der Waals surface area contributed by atoms with Crippen molar-refractivity contribution in [1.82, 2.24) is 20.1 Å². The normalized spacial score (nSPS) is 13.4. The molecular formula is C15H24N4. The quantitative estimate of drug-likeness (QED) is 0.898. The Balaban J connectivity index is 2.04. The van der Waals surface area contributed by atoms with Gasteiger partial charge in [-0.25, -0.2) is 4.98 Å². The van der Waals surface area contributed by atoms with Gasteiger partial charge in [-0.15, -0.1) is 0 Å². The Kier molecular flexibility index (Phi) is 4.20. The SMILES string of the molecule is Cc1nn(C)c2ncc(CNCC(C)C(C)C)cc12. The molecule has 0 aliphatic rings. The van der Waals surface area contributed by atoms with Crippen molar-refractivity contribution in [1.29, 1.82) is 0 Å². The van der Waals surface area contributed by atoms with E-state index < -0.39 is 0 Å². The minimum Gasteiger partial charge on any atom is -0.312 e. The number of aryl methyl sites for hydroxylation is 2. The predicted molar refractivity (Wildman–Crippen MR) is 79.0 cm³/mol. The standard InChI is InChI=1S/C15H24N4/c1-10(2)11(3)7-16-8-13-6-14-12(4)18-19(5)15(14)17-9-13/h6,9-11,16H,7-8H2,1-5H3. The molecule has 2 heterocycles. The number of hydrogen-bond donors (Lipinski definition) is 1. The molecule has 4 heteroatoms. The first-order valence-corrected chi connectivity index (χ1v) is 6.98. The molecule has 0 aromatic carbocycles. The van der Waals surface area contributed by atoms with Crippen LogP contribution in [0.15, 0.2) is 12.3 Å². The van der Waals surface area contributed by atoms with Crippen molar-refractivity contribution in [2.45, 2.75) is 34.2 Å². The van der Waals surface area contributed by atoms with Crippen molar-refractivity contribution in [3.05, 3.63) is 23.5 Å². The lowest BCUT2D eigenvalue weighted by Crippen LogP contribution is -2.23. The fraction of sp³-hybridized carbons (Fsp3) is 0.600. The van der Waals surface area contributed by atoms with Gasteiger partial charge < -0.3 is 5.32 Å². The number of pyridine rings is 1. The minimum atomic E-state index is 0.691. The Morgan fingerprint density at radius 1 is 1.32 bits per heavy atom. The van der Waals surface area contributed by atoms with E-state index >= 15 is 0 Å². The van der Waals surface area contributed by atoms with Crippen LogP contribution in [0.5, 0.6) is 0 Å². The third-order valence-electron chi connectivity index (χ3n) is 3.85. The van der Waals surface area contributed by atoms with Crippen molar-refractivity contribution in [2.75, 3.05) is 6.54 Å². The van der Waals surface area contributed by atoms with E-state index in [1.165, 1.54) is 5.56 Å². The molecule has 2 aromatic rings. The van der Waals surface area contributed by atoms with Crippen molar-refractivity contribution >= 4 is 11.0 Å². The van der Waals surface area contributed by atoms with Crippen LogP contribution in [0.2, 0.25) is 0 Å². The van der Waals surface area contributed by atoms with Gasteiger partial charge in [0, 0.05) is 25.2 Å². The fourth-order valence-electron chi connectivity index (χ4n) is 2.13. The summed E-state index contributed by atoms with van der Waals surface area (Å²) < 4.78 is 1.84. The summed E-state index contributed by atoms with van der Waals surface area (Å²) >= 11 is 0. The first-order valence-electron chi connectivity index (χ1n) is 6.98. The average molecular weight is 260 g/mol. The van der Waals surface area contributed by atoms with Crippen LogP contribution in [-0.4, -0.2) is 21.3 Å². The highest BCUT2D eigenvalue weighted by Crippen LogP contribution is 2.16. The molecule has 4 nitrogen and oxygen atoms in total. The van der Waals surface area contributed by atoms with E-state index in [4.69, 9.17) is 0 Å². The number of rotatable bonds is 5. The average Bonchev–Trinajstić information content (AvgIpc) is 2.64. The highest BCUT2D eigenvalue weighted by Gasteiger charge is 2.08. The van der Waals surface area contributed by atoms with Crippen molar-refractivity contribution in [3.63, 3.8) is 0 Å². The summed E-state index contributed by atoms with van der Waals surface area (Å²) in [6, 6.07) is 2.19. The number of nitrogens with zero attached hydrogens (tertiary/aromatic N) is 3. The zero-order valence-corrected chi connectivity index (χ0v) is 12.6. The largest absolute Gasteiger partial charge is 0.312 e. The Morgan fingerprint density at radius 3 is 2.74 bits per heavy atom. The molecule has 0 saturated carbocycles. The van der Waals surface area contributed by atoms with Crippen LogP contribution in [-0.2, 0) is 13.6 Å². The van der Waals surface area contributed by atoms with Gasteiger partial charge in [0.25, 0.3) is 0 Å². The second kappa shape index (κ2) is 5.70. The van der Waals surface area contributed by atoms with Gasteiger partial charge in [-0.05, 0) is 36.9 Å². The monoisotopic (exact) mass is 260 g/mol. The van der Waals surface area contributed by atoms with Gasteiger partial charge in [-0.1, -0.05) is 20.8 Å². The Bertz CT molecular complexity index is 557. The number of nitrogens with one attached hydrogen (secondary N) is 1. The minimum absolute atomic E-state index is 0.691. The molecule has 0 bridgehead atoms. The third kappa shape index (κ3) is 3.13. The third-order valence-corrected chi connectivity index (χ3v) is 3.85. The Hall–Kier alpha value is -1.42. The molecule has 0 radical (unpaired) electrons. The maximum atomic E-state index is 4.49. The van der Waals surface area contributed by atoms with Crippen LogP contribution in [0.1, 0.15) is 32.0 Å². The van der Waals surface area contributed by atoms with Crippen LogP contribution >= 0.6 is 0 Å². The molecule has 1 unspecified atom stereocenters. The van der Waals surface area contributed by atoms with Crippen molar-refractivity contribution in [3.8, 4) is 0 Å². The second-order valence-corrected chi connectivity index (χ2v) is 5.78. The summed E-state index contributed by atoms with van der Waals surface area (Å²) in [6.07, 6.45) is 1.94.